The number of nitrogens with two attached hydrogens (primary N) is 1. The van der Waals surface area contributed by atoms with E-state index in [2.05, 4.69) is 10.3 Å². The third-order valence-corrected chi connectivity index (χ3v) is 5.32. The lowest BCUT2D eigenvalue weighted by Crippen LogP contribution is -2.31. The molecule has 3 heterocycles. The van der Waals surface area contributed by atoms with Gasteiger partial charge in [0.25, 0.3) is 0 Å². The van der Waals surface area contributed by atoms with Gasteiger partial charge in [0.05, 0.1) is 45.6 Å². The van der Waals surface area contributed by atoms with E-state index >= 15 is 0 Å². The van der Waals surface area contributed by atoms with Crippen molar-refractivity contribution in [2.45, 2.75) is 12.6 Å². The lowest BCUT2D eigenvalue weighted by molar-refractivity contribution is 0.297. The molecule has 0 amide bonds. The average molecular weight is 425 g/mol. The molecule has 0 fully saturated rings. The number of nitrogens with zero attached hydrogens (tertiary/aromatic N) is 3. The molecule has 3 N–H and O–H groups in total. The van der Waals surface area contributed by atoms with E-state index in [1.165, 1.54) is 0 Å². The standard InChI is InChI=1S/C21H23N5O5/c1-27-14-6-5-11(17(28-2)18(14)29-3)19-24-20(22)25-21-23-12-9-15-16(10-13(12)26(19)21)31-8-4-7-30-15/h5-6,9-10,19H,4,7-8H2,1-3H3,(H3,22,23,24,25). The van der Waals surface area contributed by atoms with Crippen molar-refractivity contribution in [3.8, 4) is 28.7 Å². The Morgan fingerprint density at radius 2 is 1.77 bits per heavy atom. The predicted molar refractivity (Wildman–Crippen MR) is 115 cm³/mol. The first-order valence-electron chi connectivity index (χ1n) is 9.85. The number of aliphatic imine (C=N–C) groups is 1. The molecule has 0 bridgehead atoms. The van der Waals surface area contributed by atoms with Crippen molar-refractivity contribution >= 4 is 22.9 Å². The molecule has 3 aromatic rings. The number of methoxy groups -OCH3 is 3. The molecule has 0 saturated carbocycles. The molecule has 0 radical (unpaired) electrons. The highest BCUT2D eigenvalue weighted by molar-refractivity contribution is 5.95. The van der Waals surface area contributed by atoms with Crippen LogP contribution in [0.3, 0.4) is 0 Å². The van der Waals surface area contributed by atoms with Crippen molar-refractivity contribution in [1.29, 1.82) is 0 Å². The third-order valence-electron chi connectivity index (χ3n) is 5.32. The molecule has 1 atom stereocenters. The van der Waals surface area contributed by atoms with Crippen molar-refractivity contribution in [2.24, 2.45) is 10.7 Å². The van der Waals surface area contributed by atoms with Crippen LogP contribution in [0.25, 0.3) is 11.0 Å². The van der Waals surface area contributed by atoms with Crippen LogP contribution in [0.2, 0.25) is 0 Å². The maximum atomic E-state index is 6.10. The zero-order valence-electron chi connectivity index (χ0n) is 17.5. The minimum Gasteiger partial charge on any atom is -0.493 e. The Morgan fingerprint density at radius 3 is 2.48 bits per heavy atom. The van der Waals surface area contributed by atoms with Gasteiger partial charge in [-0.2, -0.15) is 0 Å². The lowest BCUT2D eigenvalue weighted by atomic mass is 10.1. The molecule has 10 nitrogen and oxygen atoms in total. The van der Waals surface area contributed by atoms with Crippen molar-refractivity contribution in [2.75, 3.05) is 39.9 Å². The first-order valence-corrected chi connectivity index (χ1v) is 9.85. The summed E-state index contributed by atoms with van der Waals surface area (Å²) in [7, 11) is 4.72. The molecule has 2 aromatic carbocycles. The summed E-state index contributed by atoms with van der Waals surface area (Å²) in [4.78, 5) is 9.35. The van der Waals surface area contributed by atoms with Crippen LogP contribution in [0.1, 0.15) is 18.2 Å². The van der Waals surface area contributed by atoms with Crippen molar-refractivity contribution < 1.29 is 23.7 Å². The van der Waals surface area contributed by atoms with E-state index in [1.54, 1.807) is 21.3 Å². The van der Waals surface area contributed by atoms with Crippen LogP contribution in [0.15, 0.2) is 29.3 Å². The van der Waals surface area contributed by atoms with E-state index in [0.29, 0.717) is 47.9 Å². The van der Waals surface area contributed by atoms with Gasteiger partial charge in [-0.25, -0.2) is 9.98 Å². The minimum absolute atomic E-state index is 0.249. The van der Waals surface area contributed by atoms with Crippen LogP contribution < -0.4 is 34.7 Å². The molecule has 0 spiro atoms. The minimum atomic E-state index is -0.541. The SMILES string of the molecule is COc1ccc(C2N=C(N)Nc3nc4cc5c(cc4n32)OCCCO5)c(OC)c1OC. The monoisotopic (exact) mass is 425 g/mol. The second kappa shape index (κ2) is 7.46. The molecule has 162 valence electrons. The number of nitrogens with one attached hydrogen (secondary N) is 1. The summed E-state index contributed by atoms with van der Waals surface area (Å²) in [6, 6.07) is 7.49. The van der Waals surface area contributed by atoms with E-state index in [9.17, 15) is 0 Å². The van der Waals surface area contributed by atoms with Gasteiger partial charge in [-0.05, 0) is 12.1 Å². The highest BCUT2D eigenvalue weighted by Gasteiger charge is 2.30. The van der Waals surface area contributed by atoms with Gasteiger partial charge in [-0.3, -0.25) is 9.88 Å². The van der Waals surface area contributed by atoms with Crippen LogP contribution >= 0.6 is 0 Å². The number of hydrogen-bond donors (Lipinski definition) is 2. The predicted octanol–water partition coefficient (Wildman–Crippen LogP) is 2.51. The maximum absolute atomic E-state index is 6.10. The number of guanidine groups is 1. The first-order chi connectivity index (χ1) is 15.1. The summed E-state index contributed by atoms with van der Waals surface area (Å²) in [5.74, 6) is 3.70. The summed E-state index contributed by atoms with van der Waals surface area (Å²) in [6.45, 7) is 1.20. The van der Waals surface area contributed by atoms with Gasteiger partial charge in [0, 0.05) is 24.1 Å². The maximum Gasteiger partial charge on any atom is 0.212 e. The Kier molecular flexibility index (Phi) is 4.61. The smallest absolute Gasteiger partial charge is 0.212 e. The number of fused-ring (bicyclic) bond motifs is 4. The number of aromatic nitrogens is 2. The fourth-order valence-corrected chi connectivity index (χ4v) is 3.96. The molecule has 31 heavy (non-hydrogen) atoms. The van der Waals surface area contributed by atoms with E-state index in [0.717, 1.165) is 23.0 Å². The Balaban J connectivity index is 1.73. The number of rotatable bonds is 4. The van der Waals surface area contributed by atoms with Gasteiger partial charge in [0.2, 0.25) is 11.7 Å². The summed E-state index contributed by atoms with van der Waals surface area (Å²) in [5, 5.41) is 3.04. The molecule has 2 aliphatic rings. The Bertz CT molecular complexity index is 1190. The Hall–Kier alpha value is -3.82. The second-order valence-electron chi connectivity index (χ2n) is 7.08. The number of ether oxygens (including phenoxy) is 5. The highest BCUT2D eigenvalue weighted by atomic mass is 16.5. The van der Waals surface area contributed by atoms with Crippen LogP contribution in [0.5, 0.6) is 28.7 Å². The van der Waals surface area contributed by atoms with Gasteiger partial charge in [-0.1, -0.05) is 0 Å². The lowest BCUT2D eigenvalue weighted by Gasteiger charge is -2.26. The molecular weight excluding hydrogens is 402 g/mol. The summed E-state index contributed by atoms with van der Waals surface area (Å²) < 4.78 is 30.3. The van der Waals surface area contributed by atoms with Crippen molar-refractivity contribution in [3.05, 3.63) is 29.8 Å². The number of imidazole rings is 1. The molecule has 5 rings (SSSR count). The molecule has 2 aliphatic heterocycles. The number of anilines is 1. The number of hydrogen-bond acceptors (Lipinski definition) is 9. The summed E-state index contributed by atoms with van der Waals surface area (Å²) >= 11 is 0. The van der Waals surface area contributed by atoms with Crippen LogP contribution in [0.4, 0.5) is 5.95 Å². The molecule has 1 aromatic heterocycles. The molecule has 10 heteroatoms. The summed E-state index contributed by atoms with van der Waals surface area (Å²) in [5.41, 5.74) is 8.41. The van der Waals surface area contributed by atoms with E-state index in [-0.39, 0.29) is 5.96 Å². The van der Waals surface area contributed by atoms with Gasteiger partial charge < -0.3 is 29.4 Å². The Morgan fingerprint density at radius 1 is 1.03 bits per heavy atom. The van der Waals surface area contributed by atoms with Crippen LogP contribution in [0, 0.1) is 0 Å². The van der Waals surface area contributed by atoms with Gasteiger partial charge in [0.1, 0.15) is 0 Å². The van der Waals surface area contributed by atoms with Crippen LogP contribution in [-0.2, 0) is 0 Å². The molecule has 1 unspecified atom stereocenters. The topological polar surface area (TPSA) is 114 Å². The first kappa shape index (κ1) is 19.2. The van der Waals surface area contributed by atoms with Gasteiger partial charge in [0.15, 0.2) is 35.1 Å². The number of benzene rings is 2. The molecular formula is C21H23N5O5. The molecule has 0 saturated heterocycles. The van der Waals surface area contributed by atoms with E-state index in [4.69, 9.17) is 34.4 Å². The Labute approximate surface area is 178 Å². The fraction of sp³-hybridized carbons (Fsp3) is 0.333. The summed E-state index contributed by atoms with van der Waals surface area (Å²) in [6.07, 6.45) is 0.284. The van der Waals surface area contributed by atoms with E-state index < -0.39 is 6.17 Å². The van der Waals surface area contributed by atoms with Crippen molar-refractivity contribution in [1.82, 2.24) is 9.55 Å². The molecule has 0 aliphatic carbocycles. The zero-order chi connectivity index (χ0) is 21.5. The quantitative estimate of drug-likeness (QED) is 0.655. The van der Waals surface area contributed by atoms with Gasteiger partial charge >= 0.3 is 0 Å². The largest absolute Gasteiger partial charge is 0.493 e. The van der Waals surface area contributed by atoms with Crippen LogP contribution in [-0.4, -0.2) is 50.1 Å². The normalized spacial score (nSPS) is 17.3. The van der Waals surface area contributed by atoms with Gasteiger partial charge in [-0.15, -0.1) is 0 Å². The highest BCUT2D eigenvalue weighted by Crippen LogP contribution is 2.46. The average Bonchev–Trinajstić information content (AvgIpc) is 2.96. The third kappa shape index (κ3) is 3.02. The second-order valence-corrected chi connectivity index (χ2v) is 7.08. The zero-order valence-corrected chi connectivity index (χ0v) is 17.5. The van der Waals surface area contributed by atoms with Crippen molar-refractivity contribution in [3.63, 3.8) is 0 Å². The fourth-order valence-electron chi connectivity index (χ4n) is 3.96. The van der Waals surface area contributed by atoms with E-state index in [1.807, 2.05) is 28.8 Å².